The zero-order valence-corrected chi connectivity index (χ0v) is 13.9. The summed E-state index contributed by atoms with van der Waals surface area (Å²) >= 11 is 0. The van der Waals surface area contributed by atoms with E-state index in [1.807, 2.05) is 36.1 Å². The number of pyridine rings is 1. The van der Waals surface area contributed by atoms with Crippen molar-refractivity contribution in [3.05, 3.63) is 48.3 Å². The van der Waals surface area contributed by atoms with Crippen molar-refractivity contribution in [3.63, 3.8) is 0 Å². The summed E-state index contributed by atoms with van der Waals surface area (Å²) in [5, 5.41) is 9.56. The second kappa shape index (κ2) is 7.55. The van der Waals surface area contributed by atoms with Crippen LogP contribution in [0, 0.1) is 5.92 Å². The third kappa shape index (κ3) is 4.18. The molecule has 3 rings (SSSR count). The van der Waals surface area contributed by atoms with E-state index in [2.05, 4.69) is 19.8 Å². The molecule has 0 unspecified atom stereocenters. The third-order valence-corrected chi connectivity index (χ3v) is 4.45. The normalized spacial score (nSPS) is 20.0. The lowest BCUT2D eigenvalue weighted by molar-refractivity contribution is -0.142. The van der Waals surface area contributed by atoms with E-state index >= 15 is 0 Å². The number of rotatable bonds is 5. The Kier molecular flexibility index (Phi) is 5.22. The Morgan fingerprint density at radius 2 is 2.00 bits per heavy atom. The summed E-state index contributed by atoms with van der Waals surface area (Å²) < 4.78 is 1.98. The molecule has 1 aliphatic rings. The number of nitrogens with zero attached hydrogens (tertiary/aromatic N) is 5. The second-order valence-electron chi connectivity index (χ2n) is 6.32. The van der Waals surface area contributed by atoms with Crippen LogP contribution in [-0.2, 0) is 24.9 Å². The van der Waals surface area contributed by atoms with Crippen LogP contribution in [0.3, 0.4) is 0 Å². The maximum absolute atomic E-state index is 11.6. The minimum atomic E-state index is -0.738. The van der Waals surface area contributed by atoms with Crippen LogP contribution in [-0.4, -0.2) is 61.6 Å². The lowest BCUT2D eigenvalue weighted by Gasteiger charge is -2.21. The molecule has 1 N–H and O–H groups in total. The highest BCUT2D eigenvalue weighted by Crippen LogP contribution is 2.15. The molecule has 0 aliphatic carbocycles. The van der Waals surface area contributed by atoms with Gasteiger partial charge in [0.25, 0.3) is 0 Å². The molecule has 1 saturated heterocycles. The molecule has 2 aromatic rings. The fourth-order valence-electron chi connectivity index (χ4n) is 3.09. The molecule has 0 aromatic carbocycles. The highest BCUT2D eigenvalue weighted by Gasteiger charge is 2.28. The van der Waals surface area contributed by atoms with Gasteiger partial charge in [-0.25, -0.2) is 4.98 Å². The average molecular weight is 329 g/mol. The lowest BCUT2D eigenvalue weighted by Crippen LogP contribution is -2.34. The van der Waals surface area contributed by atoms with Crippen LogP contribution in [0.2, 0.25) is 0 Å². The largest absolute Gasteiger partial charge is 0.481 e. The van der Waals surface area contributed by atoms with Gasteiger partial charge in [0.05, 0.1) is 12.5 Å². The number of carbonyl (C=O) groups is 1. The van der Waals surface area contributed by atoms with Crippen LogP contribution in [0.1, 0.15) is 11.4 Å². The van der Waals surface area contributed by atoms with E-state index in [1.54, 1.807) is 12.4 Å². The van der Waals surface area contributed by atoms with Crippen LogP contribution in [0.5, 0.6) is 0 Å². The zero-order chi connectivity index (χ0) is 16.9. The van der Waals surface area contributed by atoms with E-state index in [4.69, 9.17) is 0 Å². The molecule has 3 heterocycles. The summed E-state index contributed by atoms with van der Waals surface area (Å²) in [6.07, 6.45) is 7.28. The number of hydrogen-bond acceptors (Lipinski definition) is 5. The van der Waals surface area contributed by atoms with Gasteiger partial charge in [-0.1, -0.05) is 6.07 Å². The molecule has 0 spiro atoms. The molecule has 24 heavy (non-hydrogen) atoms. The minimum absolute atomic E-state index is 0.399. The van der Waals surface area contributed by atoms with Gasteiger partial charge in [0.2, 0.25) is 0 Å². The molecule has 128 valence electrons. The predicted molar refractivity (Wildman–Crippen MR) is 89.1 cm³/mol. The van der Waals surface area contributed by atoms with Gasteiger partial charge in [-0.3, -0.25) is 19.6 Å². The highest BCUT2D eigenvalue weighted by molar-refractivity contribution is 5.70. The molecule has 0 amide bonds. The number of carboxylic acid groups (broad SMARTS) is 1. The van der Waals surface area contributed by atoms with Crippen molar-refractivity contribution in [2.75, 3.05) is 26.2 Å². The number of hydrogen-bond donors (Lipinski definition) is 1. The first kappa shape index (κ1) is 16.6. The summed E-state index contributed by atoms with van der Waals surface area (Å²) in [6.45, 7) is 4.18. The molecule has 0 radical (unpaired) electrons. The Morgan fingerprint density at radius 1 is 1.25 bits per heavy atom. The Balaban J connectivity index is 1.68. The maximum Gasteiger partial charge on any atom is 0.309 e. The topological polar surface area (TPSA) is 74.5 Å². The first-order valence-corrected chi connectivity index (χ1v) is 8.14. The number of aryl methyl sites for hydroxylation is 1. The Morgan fingerprint density at radius 3 is 2.58 bits per heavy atom. The van der Waals surface area contributed by atoms with Crippen molar-refractivity contribution in [3.8, 4) is 0 Å². The first-order chi connectivity index (χ1) is 11.6. The summed E-state index contributed by atoms with van der Waals surface area (Å²) in [5.41, 5.74) is 1.11. The van der Waals surface area contributed by atoms with Crippen molar-refractivity contribution in [2.45, 2.75) is 13.1 Å². The molecule has 0 bridgehead atoms. The van der Waals surface area contributed by atoms with Crippen molar-refractivity contribution < 1.29 is 9.90 Å². The van der Waals surface area contributed by atoms with Gasteiger partial charge < -0.3 is 9.67 Å². The van der Waals surface area contributed by atoms with Gasteiger partial charge in [-0.15, -0.1) is 0 Å². The maximum atomic E-state index is 11.6. The number of carboxylic acids is 1. The SMILES string of the molecule is Cn1ccnc1CN1CCN(Cc2cccnc2)C[C@@H](C(=O)O)C1. The van der Waals surface area contributed by atoms with Crippen molar-refractivity contribution in [1.82, 2.24) is 24.3 Å². The summed E-state index contributed by atoms with van der Waals surface area (Å²) in [4.78, 5) is 24.5. The summed E-state index contributed by atoms with van der Waals surface area (Å²) in [5.74, 6) is -0.179. The monoisotopic (exact) mass is 329 g/mol. The quantitative estimate of drug-likeness (QED) is 0.876. The van der Waals surface area contributed by atoms with Crippen molar-refractivity contribution in [1.29, 1.82) is 0 Å². The fraction of sp³-hybridized carbons (Fsp3) is 0.471. The van der Waals surface area contributed by atoms with Crippen LogP contribution in [0.15, 0.2) is 36.9 Å². The van der Waals surface area contributed by atoms with Gasteiger partial charge in [-0.2, -0.15) is 0 Å². The highest BCUT2D eigenvalue weighted by atomic mass is 16.4. The van der Waals surface area contributed by atoms with Crippen molar-refractivity contribution >= 4 is 5.97 Å². The number of imidazole rings is 1. The van der Waals surface area contributed by atoms with Crippen LogP contribution in [0.25, 0.3) is 0 Å². The van der Waals surface area contributed by atoms with Crippen LogP contribution < -0.4 is 0 Å². The number of aliphatic carboxylic acids is 1. The Bertz CT molecular complexity index is 673. The molecule has 1 aliphatic heterocycles. The first-order valence-electron chi connectivity index (χ1n) is 8.14. The van der Waals surface area contributed by atoms with E-state index < -0.39 is 11.9 Å². The van der Waals surface area contributed by atoms with Gasteiger partial charge in [-0.05, 0) is 11.6 Å². The van der Waals surface area contributed by atoms with E-state index in [1.165, 1.54) is 0 Å². The molecule has 1 atom stereocenters. The van der Waals surface area contributed by atoms with Gasteiger partial charge >= 0.3 is 5.97 Å². The minimum Gasteiger partial charge on any atom is -0.481 e. The van der Waals surface area contributed by atoms with E-state index in [0.29, 0.717) is 19.6 Å². The molecule has 2 aromatic heterocycles. The van der Waals surface area contributed by atoms with Crippen LogP contribution in [0.4, 0.5) is 0 Å². The third-order valence-electron chi connectivity index (χ3n) is 4.45. The van der Waals surface area contributed by atoms with Crippen molar-refractivity contribution in [2.24, 2.45) is 13.0 Å². The second-order valence-corrected chi connectivity index (χ2v) is 6.32. The smallest absolute Gasteiger partial charge is 0.309 e. The average Bonchev–Trinajstić information content (AvgIpc) is 2.85. The predicted octanol–water partition coefficient (Wildman–Crippen LogP) is 0.834. The molecule has 7 heteroatoms. The fourth-order valence-corrected chi connectivity index (χ4v) is 3.09. The molecule has 1 fully saturated rings. The van der Waals surface area contributed by atoms with E-state index in [9.17, 15) is 9.90 Å². The molecular formula is C17H23N5O2. The standard InChI is InChI=1S/C17H23N5O2/c1-20-6-5-19-16(20)13-22-8-7-21(11-15(12-22)17(23)24)10-14-3-2-4-18-9-14/h2-6,9,15H,7-8,10-13H2,1H3,(H,23,24)/t15-/m1/s1. The Labute approximate surface area is 141 Å². The number of aromatic nitrogens is 3. The van der Waals surface area contributed by atoms with Gasteiger partial charge in [0.15, 0.2) is 0 Å². The summed E-state index contributed by atoms with van der Waals surface area (Å²) in [7, 11) is 1.96. The van der Waals surface area contributed by atoms with E-state index in [-0.39, 0.29) is 0 Å². The van der Waals surface area contributed by atoms with Gasteiger partial charge in [0, 0.05) is 64.6 Å². The molecule has 0 saturated carbocycles. The zero-order valence-electron chi connectivity index (χ0n) is 13.9. The molecule has 7 nitrogen and oxygen atoms in total. The summed E-state index contributed by atoms with van der Waals surface area (Å²) in [6, 6.07) is 3.94. The van der Waals surface area contributed by atoms with Gasteiger partial charge in [0.1, 0.15) is 5.82 Å². The van der Waals surface area contributed by atoms with Crippen LogP contribution >= 0.6 is 0 Å². The van der Waals surface area contributed by atoms with E-state index in [0.717, 1.165) is 31.0 Å². The lowest BCUT2D eigenvalue weighted by atomic mass is 10.1. The molecular weight excluding hydrogens is 306 g/mol. The Hall–Kier alpha value is -2.25.